The first kappa shape index (κ1) is 14.0. The van der Waals surface area contributed by atoms with Crippen LogP contribution in [0.25, 0.3) is 10.9 Å². The summed E-state index contributed by atoms with van der Waals surface area (Å²) in [5.41, 5.74) is 2.22. The van der Waals surface area contributed by atoms with Gasteiger partial charge in [0.2, 0.25) is 0 Å². The molecule has 4 nitrogen and oxygen atoms in total. The summed E-state index contributed by atoms with van der Waals surface area (Å²) in [6, 6.07) is 10.2. The number of ether oxygens (including phenoxy) is 1. The number of aromatic nitrogens is 1. The van der Waals surface area contributed by atoms with Crippen molar-refractivity contribution in [1.82, 2.24) is 9.88 Å². The van der Waals surface area contributed by atoms with Crippen molar-refractivity contribution >= 4 is 16.9 Å². The summed E-state index contributed by atoms with van der Waals surface area (Å²) in [7, 11) is 1.47. The van der Waals surface area contributed by atoms with Crippen LogP contribution in [0.2, 0.25) is 0 Å². The lowest BCUT2D eigenvalue weighted by molar-refractivity contribution is -0.148. The second-order valence-electron chi connectivity index (χ2n) is 5.54. The molecule has 0 saturated carbocycles. The molecule has 21 heavy (non-hydrogen) atoms. The van der Waals surface area contributed by atoms with Gasteiger partial charge in [0.25, 0.3) is 0 Å². The normalized spacial score (nSPS) is 19.6. The first-order valence-electron chi connectivity index (χ1n) is 7.43. The van der Waals surface area contributed by atoms with Crippen LogP contribution in [0.5, 0.6) is 0 Å². The predicted octanol–water partition coefficient (Wildman–Crippen LogP) is 2.76. The number of likely N-dealkylation sites (tertiary alicyclic amines) is 1. The summed E-state index contributed by atoms with van der Waals surface area (Å²) >= 11 is 0. The monoisotopic (exact) mass is 284 g/mol. The maximum Gasteiger partial charge on any atom is 0.323 e. The van der Waals surface area contributed by atoms with Crippen molar-refractivity contribution in [1.29, 1.82) is 0 Å². The van der Waals surface area contributed by atoms with Crippen molar-refractivity contribution < 1.29 is 9.53 Å². The molecular weight excluding hydrogens is 264 g/mol. The summed E-state index contributed by atoms with van der Waals surface area (Å²) in [5, 5.41) is 1.14. The number of esters is 1. The zero-order valence-corrected chi connectivity index (χ0v) is 12.3. The molecule has 1 aliphatic heterocycles. The highest BCUT2D eigenvalue weighted by Gasteiger charge is 2.29. The van der Waals surface area contributed by atoms with Crippen LogP contribution in [0.3, 0.4) is 0 Å². The maximum absolute atomic E-state index is 11.9. The third kappa shape index (κ3) is 3.05. The first-order chi connectivity index (χ1) is 10.3. The van der Waals surface area contributed by atoms with Crippen LogP contribution >= 0.6 is 0 Å². The Kier molecular flexibility index (Phi) is 4.15. The minimum atomic E-state index is -0.114. The summed E-state index contributed by atoms with van der Waals surface area (Å²) < 4.78 is 4.94. The van der Waals surface area contributed by atoms with E-state index in [4.69, 9.17) is 4.74 Å². The first-order valence-corrected chi connectivity index (χ1v) is 7.43. The Hall–Kier alpha value is -1.94. The Balaban J connectivity index is 1.80. The lowest BCUT2D eigenvalue weighted by Gasteiger charge is -2.33. The van der Waals surface area contributed by atoms with E-state index in [1.165, 1.54) is 12.7 Å². The molecule has 0 radical (unpaired) electrons. The van der Waals surface area contributed by atoms with E-state index in [-0.39, 0.29) is 12.0 Å². The summed E-state index contributed by atoms with van der Waals surface area (Å²) in [4.78, 5) is 18.5. The molecule has 4 heteroatoms. The number of nitrogens with zero attached hydrogens (tertiary/aromatic N) is 2. The number of carbonyl (C=O) groups excluding carboxylic acids is 1. The second kappa shape index (κ2) is 6.22. The molecule has 2 aromatic rings. The molecule has 110 valence electrons. The zero-order valence-electron chi connectivity index (χ0n) is 12.3. The lowest BCUT2D eigenvalue weighted by Crippen LogP contribution is -2.44. The molecule has 1 aliphatic rings. The van der Waals surface area contributed by atoms with E-state index in [2.05, 4.69) is 28.1 Å². The molecule has 0 N–H and O–H groups in total. The van der Waals surface area contributed by atoms with Gasteiger partial charge in [-0.25, -0.2) is 0 Å². The Bertz CT molecular complexity index is 641. The van der Waals surface area contributed by atoms with E-state index in [1.807, 2.05) is 12.1 Å². The van der Waals surface area contributed by atoms with Crippen LogP contribution < -0.4 is 0 Å². The molecule has 1 fully saturated rings. The van der Waals surface area contributed by atoms with Gasteiger partial charge in [-0.1, -0.05) is 18.6 Å². The molecule has 1 aromatic carbocycles. The Morgan fingerprint density at radius 2 is 2.29 bits per heavy atom. The standard InChI is InChI=1S/C17H20N2O2/c1-21-17(20)16-6-2-3-10-19(16)12-13-7-8-15-14(11-13)5-4-9-18-15/h4-5,7-9,11,16H,2-3,6,10,12H2,1H3. The van der Waals surface area contributed by atoms with Gasteiger partial charge < -0.3 is 4.74 Å². The largest absolute Gasteiger partial charge is 0.468 e. The Labute approximate surface area is 124 Å². The van der Waals surface area contributed by atoms with Crippen LogP contribution in [-0.4, -0.2) is 35.5 Å². The van der Waals surface area contributed by atoms with Crippen LogP contribution in [0, 0.1) is 0 Å². The number of hydrogen-bond donors (Lipinski definition) is 0. The molecule has 0 amide bonds. The predicted molar refractivity (Wildman–Crippen MR) is 81.8 cm³/mol. The molecule has 0 bridgehead atoms. The fraction of sp³-hybridized carbons (Fsp3) is 0.412. The molecule has 1 atom stereocenters. The van der Waals surface area contributed by atoms with Crippen molar-refractivity contribution in [2.75, 3.05) is 13.7 Å². The van der Waals surface area contributed by atoms with E-state index in [1.54, 1.807) is 6.20 Å². The molecule has 0 aliphatic carbocycles. The smallest absolute Gasteiger partial charge is 0.323 e. The lowest BCUT2D eigenvalue weighted by atomic mass is 10.0. The average Bonchev–Trinajstić information content (AvgIpc) is 2.54. The molecule has 0 spiro atoms. The fourth-order valence-electron chi connectivity index (χ4n) is 3.04. The number of benzene rings is 1. The molecule has 2 heterocycles. The van der Waals surface area contributed by atoms with Crippen LogP contribution in [0.4, 0.5) is 0 Å². The third-order valence-corrected chi connectivity index (χ3v) is 4.14. The summed E-state index contributed by atoms with van der Waals surface area (Å²) in [6.07, 6.45) is 4.93. The van der Waals surface area contributed by atoms with Crippen molar-refractivity contribution in [3.05, 3.63) is 42.1 Å². The van der Waals surface area contributed by atoms with Gasteiger partial charge in [0, 0.05) is 18.1 Å². The van der Waals surface area contributed by atoms with Crippen molar-refractivity contribution in [3.63, 3.8) is 0 Å². The molecular formula is C17H20N2O2. The van der Waals surface area contributed by atoms with Crippen molar-refractivity contribution in [3.8, 4) is 0 Å². The molecule has 3 rings (SSSR count). The van der Waals surface area contributed by atoms with Gasteiger partial charge in [0.15, 0.2) is 0 Å². The molecule has 1 unspecified atom stereocenters. The van der Waals surface area contributed by atoms with Gasteiger partial charge >= 0.3 is 5.97 Å². The van der Waals surface area contributed by atoms with Gasteiger partial charge in [0.05, 0.1) is 12.6 Å². The third-order valence-electron chi connectivity index (χ3n) is 4.14. The van der Waals surface area contributed by atoms with Crippen molar-refractivity contribution in [2.24, 2.45) is 0 Å². The van der Waals surface area contributed by atoms with Gasteiger partial charge in [-0.15, -0.1) is 0 Å². The highest BCUT2D eigenvalue weighted by atomic mass is 16.5. The van der Waals surface area contributed by atoms with E-state index in [0.717, 1.165) is 43.3 Å². The summed E-state index contributed by atoms with van der Waals surface area (Å²) in [6.45, 7) is 1.73. The zero-order chi connectivity index (χ0) is 14.7. The highest BCUT2D eigenvalue weighted by Crippen LogP contribution is 2.22. The molecule has 1 saturated heterocycles. The minimum absolute atomic E-state index is 0.103. The molecule has 1 aromatic heterocycles. The second-order valence-corrected chi connectivity index (χ2v) is 5.54. The maximum atomic E-state index is 11.9. The number of fused-ring (bicyclic) bond motifs is 1. The van der Waals surface area contributed by atoms with E-state index >= 15 is 0 Å². The Morgan fingerprint density at radius 3 is 3.14 bits per heavy atom. The number of carbonyl (C=O) groups is 1. The average molecular weight is 284 g/mol. The minimum Gasteiger partial charge on any atom is -0.468 e. The number of hydrogen-bond acceptors (Lipinski definition) is 4. The number of pyridine rings is 1. The highest BCUT2D eigenvalue weighted by molar-refractivity contribution is 5.79. The quantitative estimate of drug-likeness (QED) is 0.813. The number of piperidine rings is 1. The van der Waals surface area contributed by atoms with Gasteiger partial charge in [0.1, 0.15) is 6.04 Å². The number of rotatable bonds is 3. The van der Waals surface area contributed by atoms with Crippen LogP contribution in [-0.2, 0) is 16.1 Å². The van der Waals surface area contributed by atoms with Crippen LogP contribution in [0.15, 0.2) is 36.5 Å². The van der Waals surface area contributed by atoms with Crippen LogP contribution in [0.1, 0.15) is 24.8 Å². The van der Waals surface area contributed by atoms with Crippen molar-refractivity contribution in [2.45, 2.75) is 31.8 Å². The van der Waals surface area contributed by atoms with E-state index in [0.29, 0.717) is 0 Å². The number of methoxy groups -OCH3 is 1. The van der Waals surface area contributed by atoms with Gasteiger partial charge in [-0.05, 0) is 43.1 Å². The van der Waals surface area contributed by atoms with Gasteiger partial charge in [-0.3, -0.25) is 14.7 Å². The van der Waals surface area contributed by atoms with E-state index in [9.17, 15) is 4.79 Å². The van der Waals surface area contributed by atoms with Gasteiger partial charge in [-0.2, -0.15) is 0 Å². The topological polar surface area (TPSA) is 42.4 Å². The fourth-order valence-corrected chi connectivity index (χ4v) is 3.04. The summed E-state index contributed by atoms with van der Waals surface area (Å²) in [5.74, 6) is -0.114. The van der Waals surface area contributed by atoms with E-state index < -0.39 is 0 Å². The SMILES string of the molecule is COC(=O)C1CCCCN1Cc1ccc2ncccc2c1. The Morgan fingerprint density at radius 1 is 1.38 bits per heavy atom.